The summed E-state index contributed by atoms with van der Waals surface area (Å²) in [5, 5.41) is 21.4. The van der Waals surface area contributed by atoms with Gasteiger partial charge in [0.2, 0.25) is 6.10 Å². The molecule has 9 heteroatoms. The fourth-order valence-corrected chi connectivity index (χ4v) is 4.75. The predicted octanol–water partition coefficient (Wildman–Crippen LogP) is 5.64. The number of hydrogen-bond donors (Lipinski definition) is 3. The van der Waals surface area contributed by atoms with E-state index in [9.17, 15) is 19.5 Å². The number of aryl methyl sites for hydroxylation is 1. The maximum atomic E-state index is 13.0. The number of nitrogens with one attached hydrogen (secondary N) is 1. The van der Waals surface area contributed by atoms with Gasteiger partial charge in [-0.1, -0.05) is 49.2 Å². The zero-order chi connectivity index (χ0) is 29.0. The molecule has 3 aromatic carbocycles. The number of nitrogens with zero attached hydrogens (tertiary/aromatic N) is 1. The molecule has 0 spiro atoms. The summed E-state index contributed by atoms with van der Waals surface area (Å²) in [5.74, 6) is -1.49. The van der Waals surface area contributed by atoms with Crippen molar-refractivity contribution in [3.63, 3.8) is 0 Å². The predicted molar refractivity (Wildman–Crippen MR) is 156 cm³/mol. The average molecular weight is 561 g/mol. The highest BCUT2D eigenvalue weighted by atomic mass is 16.5. The van der Waals surface area contributed by atoms with Crippen LogP contribution in [0.3, 0.4) is 0 Å². The Kier molecular flexibility index (Phi) is 10.6. The van der Waals surface area contributed by atoms with Crippen molar-refractivity contribution in [3.05, 3.63) is 83.9 Å². The van der Waals surface area contributed by atoms with Crippen LogP contribution in [-0.2, 0) is 16.0 Å². The number of rotatable bonds is 15. The van der Waals surface area contributed by atoms with E-state index in [4.69, 9.17) is 14.6 Å². The molecular weight excluding hydrogens is 524 g/mol. The number of amides is 1. The van der Waals surface area contributed by atoms with Crippen LogP contribution in [0, 0.1) is 0 Å². The van der Waals surface area contributed by atoms with Gasteiger partial charge in [-0.15, -0.1) is 0 Å². The Bertz CT molecular complexity index is 1310. The summed E-state index contributed by atoms with van der Waals surface area (Å²) in [6.07, 6.45) is 4.62. The Morgan fingerprint density at radius 1 is 0.878 bits per heavy atom. The molecule has 4 rings (SSSR count). The molecular formula is C32H36N2O7. The van der Waals surface area contributed by atoms with Crippen LogP contribution in [0.25, 0.3) is 0 Å². The smallest absolute Gasteiger partial charge is 0.346 e. The first-order valence-electron chi connectivity index (χ1n) is 14.0. The molecule has 0 aromatic heterocycles. The van der Waals surface area contributed by atoms with Crippen molar-refractivity contribution in [1.82, 2.24) is 0 Å². The summed E-state index contributed by atoms with van der Waals surface area (Å²) in [6.45, 7) is 1.03. The van der Waals surface area contributed by atoms with E-state index in [0.29, 0.717) is 42.3 Å². The zero-order valence-electron chi connectivity index (χ0n) is 23.0. The van der Waals surface area contributed by atoms with Gasteiger partial charge in [-0.2, -0.15) is 0 Å². The van der Waals surface area contributed by atoms with Crippen molar-refractivity contribution in [2.45, 2.75) is 51.0 Å². The maximum Gasteiger partial charge on any atom is 0.346 e. The molecule has 1 atom stereocenters. The summed E-state index contributed by atoms with van der Waals surface area (Å²) >= 11 is 0. The number of carbonyl (C=O) groups excluding carboxylic acids is 1. The van der Waals surface area contributed by atoms with Crippen LogP contribution in [0.15, 0.2) is 72.8 Å². The molecule has 41 heavy (non-hydrogen) atoms. The van der Waals surface area contributed by atoms with Crippen molar-refractivity contribution in [1.29, 1.82) is 0 Å². The number of para-hydroxylation sites is 1. The number of carboxylic acids is 2. The first kappa shape index (κ1) is 29.5. The average Bonchev–Trinajstić information content (AvgIpc) is 2.97. The summed E-state index contributed by atoms with van der Waals surface area (Å²) in [5.41, 5.74) is 2.73. The normalized spacial score (nSPS) is 14.0. The Morgan fingerprint density at radius 2 is 1.63 bits per heavy atom. The number of ether oxygens (including phenoxy) is 2. The molecule has 0 aliphatic carbocycles. The van der Waals surface area contributed by atoms with Crippen molar-refractivity contribution in [2.24, 2.45) is 0 Å². The molecule has 1 heterocycles. The molecule has 1 aliphatic rings. The van der Waals surface area contributed by atoms with Crippen molar-refractivity contribution in [3.8, 4) is 11.5 Å². The van der Waals surface area contributed by atoms with Gasteiger partial charge in [0.05, 0.1) is 24.5 Å². The summed E-state index contributed by atoms with van der Waals surface area (Å²) < 4.78 is 11.6. The van der Waals surface area contributed by atoms with Crippen LogP contribution in [0.1, 0.15) is 54.4 Å². The van der Waals surface area contributed by atoms with E-state index in [-0.39, 0.29) is 24.6 Å². The minimum Gasteiger partial charge on any atom is -0.494 e. The van der Waals surface area contributed by atoms with E-state index in [0.717, 1.165) is 32.1 Å². The van der Waals surface area contributed by atoms with E-state index < -0.39 is 18.0 Å². The van der Waals surface area contributed by atoms with Gasteiger partial charge in [0.1, 0.15) is 5.75 Å². The Labute approximate surface area is 239 Å². The number of fused-ring (bicyclic) bond motifs is 1. The number of carboxylic acid groups (broad SMARTS) is 2. The largest absolute Gasteiger partial charge is 0.494 e. The Balaban J connectivity index is 1.28. The van der Waals surface area contributed by atoms with E-state index in [1.165, 1.54) is 5.56 Å². The number of benzene rings is 3. The van der Waals surface area contributed by atoms with Crippen LogP contribution in [0.5, 0.6) is 11.5 Å². The minimum absolute atomic E-state index is 0.0324. The summed E-state index contributed by atoms with van der Waals surface area (Å²) in [7, 11) is 0. The standard InChI is InChI=1S/C32H36N2O7/c35-29(36)15-9-20-34-22-28(32(38)39)41-30-26(13-8-14-27(30)34)33-31(37)24-16-18-25(19-17-24)40-21-7-2-1-4-10-23-11-5-3-6-12-23/h3,5-6,8,11-14,16-19,28H,1-2,4,7,9-10,15,20-22H2,(H,33,37)(H,35,36)(H,38,39). The molecule has 216 valence electrons. The lowest BCUT2D eigenvalue weighted by atomic mass is 10.1. The minimum atomic E-state index is -1.15. The van der Waals surface area contributed by atoms with Gasteiger partial charge in [0.25, 0.3) is 5.91 Å². The fourth-order valence-electron chi connectivity index (χ4n) is 4.75. The van der Waals surface area contributed by atoms with Gasteiger partial charge < -0.3 is 29.9 Å². The summed E-state index contributed by atoms with van der Waals surface area (Å²) in [6, 6.07) is 22.5. The van der Waals surface area contributed by atoms with Crippen LogP contribution < -0.4 is 19.7 Å². The molecule has 3 aromatic rings. The number of carbonyl (C=O) groups is 3. The monoisotopic (exact) mass is 560 g/mol. The van der Waals surface area contributed by atoms with Gasteiger partial charge >= 0.3 is 11.9 Å². The molecule has 0 radical (unpaired) electrons. The quantitative estimate of drug-likeness (QED) is 0.204. The molecule has 0 saturated carbocycles. The van der Waals surface area contributed by atoms with Gasteiger partial charge in [0, 0.05) is 18.5 Å². The molecule has 1 amide bonds. The molecule has 1 aliphatic heterocycles. The molecule has 3 N–H and O–H groups in total. The van der Waals surface area contributed by atoms with Crippen LogP contribution >= 0.6 is 0 Å². The van der Waals surface area contributed by atoms with Gasteiger partial charge in [-0.25, -0.2) is 4.79 Å². The summed E-state index contributed by atoms with van der Waals surface area (Å²) in [4.78, 5) is 37.5. The number of anilines is 2. The first-order valence-corrected chi connectivity index (χ1v) is 14.0. The molecule has 1 unspecified atom stereocenters. The number of hydrogen-bond acceptors (Lipinski definition) is 6. The van der Waals surface area contributed by atoms with E-state index >= 15 is 0 Å². The fraction of sp³-hybridized carbons (Fsp3) is 0.344. The lowest BCUT2D eigenvalue weighted by Crippen LogP contribution is -2.45. The van der Waals surface area contributed by atoms with Crippen LogP contribution in [-0.4, -0.2) is 53.9 Å². The number of unbranched alkanes of at least 4 members (excludes halogenated alkanes) is 3. The molecule has 0 fully saturated rings. The third-order valence-corrected chi connectivity index (χ3v) is 6.91. The number of aliphatic carboxylic acids is 2. The Morgan fingerprint density at radius 3 is 2.37 bits per heavy atom. The highest BCUT2D eigenvalue weighted by Gasteiger charge is 2.32. The van der Waals surface area contributed by atoms with E-state index in [1.54, 1.807) is 47.4 Å². The van der Waals surface area contributed by atoms with Gasteiger partial charge in [-0.3, -0.25) is 9.59 Å². The van der Waals surface area contributed by atoms with E-state index in [2.05, 4.69) is 29.6 Å². The van der Waals surface area contributed by atoms with Crippen LogP contribution in [0.2, 0.25) is 0 Å². The van der Waals surface area contributed by atoms with Gasteiger partial charge in [0.15, 0.2) is 5.75 Å². The maximum absolute atomic E-state index is 13.0. The lowest BCUT2D eigenvalue weighted by Gasteiger charge is -2.35. The SMILES string of the molecule is O=C(O)CCCN1CC(C(=O)O)Oc2c(NC(=O)c3ccc(OCCCCCCc4ccccc4)cc3)cccc21. The van der Waals surface area contributed by atoms with Crippen LogP contribution in [0.4, 0.5) is 11.4 Å². The highest BCUT2D eigenvalue weighted by molar-refractivity contribution is 6.05. The Hall–Kier alpha value is -4.53. The van der Waals surface area contributed by atoms with E-state index in [1.807, 2.05) is 6.07 Å². The third-order valence-electron chi connectivity index (χ3n) is 6.91. The second kappa shape index (κ2) is 14.7. The van der Waals surface area contributed by atoms with Gasteiger partial charge in [-0.05, 0) is 67.6 Å². The lowest BCUT2D eigenvalue weighted by molar-refractivity contribution is -0.145. The van der Waals surface area contributed by atoms with Crippen molar-refractivity contribution in [2.75, 3.05) is 29.9 Å². The van der Waals surface area contributed by atoms with Crippen molar-refractivity contribution >= 4 is 29.2 Å². The second-order valence-corrected chi connectivity index (χ2v) is 10.0. The zero-order valence-corrected chi connectivity index (χ0v) is 23.0. The first-order chi connectivity index (χ1) is 19.9. The molecule has 0 bridgehead atoms. The molecule has 9 nitrogen and oxygen atoms in total. The highest BCUT2D eigenvalue weighted by Crippen LogP contribution is 2.40. The molecule has 0 saturated heterocycles. The topological polar surface area (TPSA) is 125 Å². The third kappa shape index (κ3) is 8.73. The van der Waals surface area contributed by atoms with Crippen molar-refractivity contribution < 1.29 is 34.1 Å². The second-order valence-electron chi connectivity index (χ2n) is 10.0.